The number of benzene rings is 2. The largest absolute Gasteiger partial charge is 0.497 e. The first-order chi connectivity index (χ1) is 15.7. The maximum atomic E-state index is 13.3. The molecular formula is C24H21Cl2N3O3S. The molecule has 0 unspecified atom stereocenters. The van der Waals surface area contributed by atoms with Gasteiger partial charge in [-0.2, -0.15) is 0 Å². The minimum Gasteiger partial charge on any atom is -0.497 e. The van der Waals surface area contributed by atoms with E-state index < -0.39 is 11.7 Å². The van der Waals surface area contributed by atoms with Crippen LogP contribution in [0.15, 0.2) is 36.4 Å². The summed E-state index contributed by atoms with van der Waals surface area (Å²) in [6, 6.07) is 10.7. The van der Waals surface area contributed by atoms with Gasteiger partial charge in [0.15, 0.2) is 5.13 Å². The van der Waals surface area contributed by atoms with Gasteiger partial charge in [0, 0.05) is 38.1 Å². The Hall–Kier alpha value is -2.87. The number of amides is 1. The molecule has 2 aromatic heterocycles. The summed E-state index contributed by atoms with van der Waals surface area (Å²) in [6.07, 6.45) is 0. The molecule has 0 aliphatic rings. The summed E-state index contributed by atoms with van der Waals surface area (Å²) in [7, 11) is 1.56. The van der Waals surface area contributed by atoms with E-state index in [-0.39, 0.29) is 0 Å². The number of ketones is 1. The lowest BCUT2D eigenvalue weighted by molar-refractivity contribution is -0.112. The van der Waals surface area contributed by atoms with E-state index in [0.717, 1.165) is 21.7 Å². The monoisotopic (exact) mass is 501 g/mol. The molecular weight excluding hydrogens is 481 g/mol. The number of halogens is 2. The summed E-state index contributed by atoms with van der Waals surface area (Å²) in [5.41, 5.74) is 3.41. The molecule has 4 rings (SSSR count). The van der Waals surface area contributed by atoms with Crippen molar-refractivity contribution >= 4 is 62.3 Å². The van der Waals surface area contributed by atoms with Gasteiger partial charge in [0.25, 0.3) is 11.7 Å². The quantitative estimate of drug-likeness (QED) is 0.251. The Bertz CT molecular complexity index is 1390. The van der Waals surface area contributed by atoms with E-state index in [1.165, 1.54) is 11.3 Å². The fourth-order valence-electron chi connectivity index (χ4n) is 3.69. The second-order valence-corrected chi connectivity index (χ2v) is 9.66. The predicted molar refractivity (Wildman–Crippen MR) is 133 cm³/mol. The number of hydrogen-bond acceptors (Lipinski definition) is 5. The number of thiazole rings is 1. The number of nitrogens with zero attached hydrogens (tertiary/aromatic N) is 2. The molecule has 0 aliphatic heterocycles. The van der Waals surface area contributed by atoms with Crippen LogP contribution in [-0.2, 0) is 11.3 Å². The third-order valence-electron chi connectivity index (χ3n) is 5.56. The third kappa shape index (κ3) is 4.49. The lowest BCUT2D eigenvalue weighted by Crippen LogP contribution is -2.23. The molecule has 0 fully saturated rings. The SMILES string of the molecule is COc1ccc2c(c1)c(C(=O)C(=O)Nc1nc(C)c(C)s1)c(C)n2Cc1ccc(Cl)cc1Cl. The van der Waals surface area contributed by atoms with Crippen LogP contribution < -0.4 is 10.1 Å². The van der Waals surface area contributed by atoms with Crippen LogP contribution in [0.2, 0.25) is 10.0 Å². The minimum absolute atomic E-state index is 0.316. The van der Waals surface area contributed by atoms with Gasteiger partial charge in [-0.15, -0.1) is 11.3 Å². The lowest BCUT2D eigenvalue weighted by atomic mass is 10.1. The first-order valence-corrected chi connectivity index (χ1v) is 11.7. The highest BCUT2D eigenvalue weighted by atomic mass is 35.5. The highest BCUT2D eigenvalue weighted by molar-refractivity contribution is 7.15. The van der Waals surface area contributed by atoms with Crippen LogP contribution in [0.25, 0.3) is 10.9 Å². The number of aryl methyl sites for hydroxylation is 2. The summed E-state index contributed by atoms with van der Waals surface area (Å²) in [5, 5.41) is 4.74. The van der Waals surface area contributed by atoms with E-state index in [9.17, 15) is 9.59 Å². The number of aromatic nitrogens is 2. The molecule has 0 saturated carbocycles. The van der Waals surface area contributed by atoms with Crippen molar-refractivity contribution in [3.05, 3.63) is 73.8 Å². The highest BCUT2D eigenvalue weighted by Crippen LogP contribution is 2.32. The Kier molecular flexibility index (Phi) is 6.47. The molecule has 0 radical (unpaired) electrons. The van der Waals surface area contributed by atoms with Crippen LogP contribution in [0.3, 0.4) is 0 Å². The number of nitrogens with one attached hydrogen (secondary N) is 1. The molecule has 4 aromatic rings. The molecule has 0 spiro atoms. The summed E-state index contributed by atoms with van der Waals surface area (Å²) < 4.78 is 7.32. The van der Waals surface area contributed by atoms with Crippen molar-refractivity contribution in [1.82, 2.24) is 9.55 Å². The van der Waals surface area contributed by atoms with Gasteiger partial charge >= 0.3 is 0 Å². The van der Waals surface area contributed by atoms with Gasteiger partial charge in [-0.25, -0.2) is 4.98 Å². The number of carbonyl (C=O) groups is 2. The molecule has 1 N–H and O–H groups in total. The summed E-state index contributed by atoms with van der Waals surface area (Å²) in [4.78, 5) is 31.5. The van der Waals surface area contributed by atoms with Crippen molar-refractivity contribution < 1.29 is 14.3 Å². The van der Waals surface area contributed by atoms with Crippen LogP contribution in [-0.4, -0.2) is 28.4 Å². The highest BCUT2D eigenvalue weighted by Gasteiger charge is 2.26. The minimum atomic E-state index is -0.738. The Balaban J connectivity index is 1.78. The fourth-order valence-corrected chi connectivity index (χ4v) is 4.97. The molecule has 33 heavy (non-hydrogen) atoms. The first kappa shape index (κ1) is 23.3. The zero-order chi connectivity index (χ0) is 23.9. The number of rotatable bonds is 6. The average molecular weight is 502 g/mol. The fraction of sp³-hybridized carbons (Fsp3) is 0.208. The zero-order valence-corrected chi connectivity index (χ0v) is 20.8. The number of ether oxygens (including phenoxy) is 1. The lowest BCUT2D eigenvalue weighted by Gasteiger charge is -2.11. The van der Waals surface area contributed by atoms with E-state index in [1.807, 2.05) is 43.5 Å². The molecule has 0 aliphatic carbocycles. The van der Waals surface area contributed by atoms with Gasteiger partial charge in [-0.3, -0.25) is 14.9 Å². The van der Waals surface area contributed by atoms with E-state index in [1.54, 1.807) is 25.3 Å². The maximum Gasteiger partial charge on any atom is 0.298 e. The molecule has 6 nitrogen and oxygen atoms in total. The smallest absolute Gasteiger partial charge is 0.298 e. The normalized spacial score (nSPS) is 11.1. The van der Waals surface area contributed by atoms with Crippen molar-refractivity contribution in [2.24, 2.45) is 0 Å². The van der Waals surface area contributed by atoms with E-state index >= 15 is 0 Å². The molecule has 0 bridgehead atoms. The summed E-state index contributed by atoms with van der Waals surface area (Å²) in [5.74, 6) is -0.791. The molecule has 2 aromatic carbocycles. The predicted octanol–water partition coefficient (Wildman–Crippen LogP) is 6.21. The number of carbonyl (C=O) groups excluding carboxylic acids is 2. The zero-order valence-electron chi connectivity index (χ0n) is 18.5. The molecule has 1 amide bonds. The van der Waals surface area contributed by atoms with Crippen molar-refractivity contribution in [2.45, 2.75) is 27.3 Å². The van der Waals surface area contributed by atoms with Crippen LogP contribution in [0.1, 0.15) is 32.2 Å². The summed E-state index contributed by atoms with van der Waals surface area (Å²) >= 11 is 13.8. The Morgan fingerprint density at radius 2 is 1.88 bits per heavy atom. The number of methoxy groups -OCH3 is 1. The molecule has 170 valence electrons. The molecule has 0 saturated heterocycles. The van der Waals surface area contributed by atoms with Crippen LogP contribution in [0, 0.1) is 20.8 Å². The third-order valence-corrected chi connectivity index (χ3v) is 7.13. The Morgan fingerprint density at radius 3 is 2.52 bits per heavy atom. The van der Waals surface area contributed by atoms with Gasteiger partial charge < -0.3 is 9.30 Å². The Morgan fingerprint density at radius 1 is 1.12 bits per heavy atom. The topological polar surface area (TPSA) is 73.2 Å². The molecule has 2 heterocycles. The van der Waals surface area contributed by atoms with E-state index in [4.69, 9.17) is 27.9 Å². The van der Waals surface area contributed by atoms with Gasteiger partial charge in [0.05, 0.1) is 18.4 Å². The summed E-state index contributed by atoms with van der Waals surface area (Å²) in [6.45, 7) is 5.99. The van der Waals surface area contributed by atoms with Crippen molar-refractivity contribution in [2.75, 3.05) is 12.4 Å². The molecule has 0 atom stereocenters. The average Bonchev–Trinajstić information content (AvgIpc) is 3.23. The van der Waals surface area contributed by atoms with Crippen LogP contribution >= 0.6 is 34.5 Å². The number of anilines is 1. The van der Waals surface area contributed by atoms with Crippen LogP contribution in [0.5, 0.6) is 5.75 Å². The number of fused-ring (bicyclic) bond motifs is 1. The van der Waals surface area contributed by atoms with Gasteiger partial charge in [-0.05, 0) is 56.7 Å². The number of hydrogen-bond donors (Lipinski definition) is 1. The van der Waals surface area contributed by atoms with E-state index in [2.05, 4.69) is 10.3 Å². The standard InChI is InChI=1S/C24H21Cl2N3O3S/c1-12-14(3)33-24(27-12)28-23(31)22(30)21-13(2)29(11-15-5-6-16(25)9-19(15)26)20-8-7-17(32-4)10-18(20)21/h5-10H,11H2,1-4H3,(H,27,28,31). The van der Waals surface area contributed by atoms with Crippen molar-refractivity contribution in [1.29, 1.82) is 0 Å². The van der Waals surface area contributed by atoms with Crippen molar-refractivity contribution in [3.63, 3.8) is 0 Å². The van der Waals surface area contributed by atoms with Crippen LogP contribution in [0.4, 0.5) is 5.13 Å². The maximum absolute atomic E-state index is 13.3. The van der Waals surface area contributed by atoms with Gasteiger partial charge in [0.1, 0.15) is 5.75 Å². The van der Waals surface area contributed by atoms with Crippen molar-refractivity contribution in [3.8, 4) is 5.75 Å². The number of Topliss-reactive ketones (excluding diaryl/α,β-unsaturated/α-hetero) is 1. The van der Waals surface area contributed by atoms with Gasteiger partial charge in [0.2, 0.25) is 0 Å². The van der Waals surface area contributed by atoms with Gasteiger partial charge in [-0.1, -0.05) is 29.3 Å². The second-order valence-electron chi connectivity index (χ2n) is 7.61. The van der Waals surface area contributed by atoms with E-state index in [0.29, 0.717) is 44.1 Å². The molecule has 9 heteroatoms. The Labute approximate surface area is 205 Å². The second kappa shape index (κ2) is 9.17. The first-order valence-electron chi connectivity index (χ1n) is 10.1.